The highest BCUT2D eigenvalue weighted by molar-refractivity contribution is 6.00. The molecule has 4 aromatic heterocycles. The van der Waals surface area contributed by atoms with Crippen molar-refractivity contribution in [3.8, 4) is 11.3 Å². The Morgan fingerprint density at radius 3 is 2.67 bits per heavy atom. The Labute approximate surface area is 174 Å². The number of hydrogen-bond donors (Lipinski definition) is 3. The van der Waals surface area contributed by atoms with Crippen LogP contribution in [-0.4, -0.2) is 48.8 Å². The van der Waals surface area contributed by atoms with Gasteiger partial charge in [-0.15, -0.1) is 0 Å². The van der Waals surface area contributed by atoms with Gasteiger partial charge in [0.2, 0.25) is 5.95 Å². The molecule has 0 radical (unpaired) electrons. The van der Waals surface area contributed by atoms with E-state index in [1.807, 2.05) is 24.5 Å². The summed E-state index contributed by atoms with van der Waals surface area (Å²) < 4.78 is 7.27. The van der Waals surface area contributed by atoms with E-state index in [1.54, 1.807) is 17.8 Å². The number of H-pyrrole nitrogens is 1. The van der Waals surface area contributed by atoms with Gasteiger partial charge in [0, 0.05) is 31.1 Å². The molecular formula is C21H26N8O. The van der Waals surface area contributed by atoms with Gasteiger partial charge in [-0.1, -0.05) is 19.3 Å². The minimum Gasteiger partial charge on any atom is -0.375 e. The molecule has 1 aliphatic heterocycles. The molecule has 9 heteroatoms. The van der Waals surface area contributed by atoms with Crippen molar-refractivity contribution in [1.82, 2.24) is 29.5 Å². The number of rotatable bonds is 2. The number of ether oxygens (including phenoxy) is 1. The van der Waals surface area contributed by atoms with Gasteiger partial charge in [-0.25, -0.2) is 9.50 Å². The molecule has 0 unspecified atom stereocenters. The third-order valence-corrected chi connectivity index (χ3v) is 6.05. The van der Waals surface area contributed by atoms with Crippen LogP contribution in [0, 0.1) is 0 Å². The van der Waals surface area contributed by atoms with E-state index in [9.17, 15) is 0 Å². The summed E-state index contributed by atoms with van der Waals surface area (Å²) in [5.41, 5.74) is 9.29. The first-order valence-electron chi connectivity index (χ1n) is 10.4. The topological polar surface area (TPSA) is 119 Å². The molecule has 1 spiro atoms. The number of fused-ring (bicyclic) bond motifs is 2. The average molecular weight is 406 g/mol. The molecular weight excluding hydrogens is 380 g/mol. The molecule has 5 heterocycles. The molecule has 0 atom stereocenters. The second kappa shape index (κ2) is 7.56. The van der Waals surface area contributed by atoms with Gasteiger partial charge in [-0.3, -0.25) is 0 Å². The minimum atomic E-state index is 0.222. The van der Waals surface area contributed by atoms with Gasteiger partial charge in [0.1, 0.15) is 11.5 Å². The molecule has 0 bridgehead atoms. The van der Waals surface area contributed by atoms with E-state index in [2.05, 4.69) is 30.4 Å². The lowest BCUT2D eigenvalue weighted by atomic mass is 9.79. The molecule has 156 valence electrons. The fourth-order valence-electron chi connectivity index (χ4n) is 4.38. The Morgan fingerprint density at radius 1 is 1.13 bits per heavy atom. The molecule has 0 aromatic carbocycles. The van der Waals surface area contributed by atoms with Crippen molar-refractivity contribution in [1.29, 1.82) is 0 Å². The maximum atomic E-state index is 5.70. The zero-order valence-corrected chi connectivity index (χ0v) is 17.1. The van der Waals surface area contributed by atoms with E-state index in [-0.39, 0.29) is 5.95 Å². The second-order valence-electron chi connectivity index (χ2n) is 7.90. The summed E-state index contributed by atoms with van der Waals surface area (Å²) in [6.07, 6.45) is 13.7. The van der Waals surface area contributed by atoms with Crippen LogP contribution in [0.3, 0.4) is 0 Å². The van der Waals surface area contributed by atoms with E-state index >= 15 is 0 Å². The van der Waals surface area contributed by atoms with E-state index in [4.69, 9.17) is 10.5 Å². The Bertz CT molecular complexity index is 1170. The van der Waals surface area contributed by atoms with Crippen molar-refractivity contribution >= 4 is 28.4 Å². The van der Waals surface area contributed by atoms with Crippen LogP contribution in [0.5, 0.6) is 0 Å². The van der Waals surface area contributed by atoms with Crippen LogP contribution in [0.25, 0.3) is 27.9 Å². The molecule has 1 aliphatic carbocycles. The first kappa shape index (κ1) is 18.8. The highest BCUT2D eigenvalue weighted by Crippen LogP contribution is 2.40. The minimum absolute atomic E-state index is 0.222. The third-order valence-electron chi connectivity index (χ3n) is 6.05. The molecule has 0 amide bonds. The smallest absolute Gasteiger partial charge is 0.223 e. The number of hydrogen-bond acceptors (Lipinski definition) is 7. The van der Waals surface area contributed by atoms with E-state index in [0.717, 1.165) is 28.9 Å². The molecule has 4 N–H and O–H groups in total. The molecule has 1 saturated carbocycles. The highest BCUT2D eigenvalue weighted by Gasteiger charge is 2.38. The largest absolute Gasteiger partial charge is 0.375 e. The van der Waals surface area contributed by atoms with Crippen molar-refractivity contribution in [2.75, 3.05) is 24.7 Å². The summed E-state index contributed by atoms with van der Waals surface area (Å²) in [5.74, 6) is 0.892. The van der Waals surface area contributed by atoms with Crippen LogP contribution in [0.1, 0.15) is 38.5 Å². The number of nitrogens with two attached hydrogens (primary N) is 1. The van der Waals surface area contributed by atoms with Gasteiger partial charge in [0.05, 0.1) is 29.5 Å². The molecule has 6 rings (SSSR count). The Balaban J connectivity index is 0.000000178. The fourth-order valence-corrected chi connectivity index (χ4v) is 4.38. The van der Waals surface area contributed by atoms with Gasteiger partial charge in [0.15, 0.2) is 5.65 Å². The Kier molecular flexibility index (Phi) is 4.74. The molecule has 2 fully saturated rings. The van der Waals surface area contributed by atoms with E-state index in [0.29, 0.717) is 17.1 Å². The number of anilines is 2. The van der Waals surface area contributed by atoms with Crippen molar-refractivity contribution in [3.63, 3.8) is 0 Å². The van der Waals surface area contributed by atoms with Crippen molar-refractivity contribution in [2.24, 2.45) is 0 Å². The normalized spacial score (nSPS) is 17.5. The van der Waals surface area contributed by atoms with Crippen LogP contribution in [-0.2, 0) is 4.74 Å². The number of nitrogens with zero attached hydrogens (tertiary/aromatic N) is 5. The SMILES string of the molecule is C1CCC2(CC1)CCO2.CNc1nc(N)nc2[nH]cc(-c3ccn4nccc4n3)c12. The van der Waals surface area contributed by atoms with Crippen LogP contribution in [0.15, 0.2) is 30.7 Å². The van der Waals surface area contributed by atoms with Crippen LogP contribution in [0.4, 0.5) is 11.8 Å². The monoisotopic (exact) mass is 406 g/mol. The summed E-state index contributed by atoms with van der Waals surface area (Å²) >= 11 is 0. The van der Waals surface area contributed by atoms with Gasteiger partial charge in [-0.2, -0.15) is 15.1 Å². The van der Waals surface area contributed by atoms with Gasteiger partial charge in [-0.05, 0) is 25.3 Å². The van der Waals surface area contributed by atoms with Crippen LogP contribution >= 0.6 is 0 Å². The van der Waals surface area contributed by atoms with Gasteiger partial charge >= 0.3 is 0 Å². The summed E-state index contributed by atoms with van der Waals surface area (Å²) in [4.78, 5) is 16.1. The first-order chi connectivity index (χ1) is 14.7. The second-order valence-corrected chi connectivity index (χ2v) is 7.90. The van der Waals surface area contributed by atoms with Gasteiger partial charge < -0.3 is 20.8 Å². The molecule has 4 aromatic rings. The van der Waals surface area contributed by atoms with Crippen LogP contribution in [0.2, 0.25) is 0 Å². The van der Waals surface area contributed by atoms with Gasteiger partial charge in [0.25, 0.3) is 0 Å². The summed E-state index contributed by atoms with van der Waals surface area (Å²) in [5, 5.41) is 8.05. The lowest BCUT2D eigenvalue weighted by Gasteiger charge is -2.44. The standard InChI is InChI=1S/C13H12N8.C8H14O/c1-15-11-10-7(6-16-12(10)20-13(14)19-11)8-3-5-21-9(18-8)2-4-17-21;1-2-4-8(5-3-1)6-7-9-8/h2-6H,1H3,(H4,14,15,16,19,20);1-7H2. The maximum Gasteiger partial charge on any atom is 0.223 e. The highest BCUT2D eigenvalue weighted by atomic mass is 16.5. The Hall–Kier alpha value is -3.20. The van der Waals surface area contributed by atoms with Crippen molar-refractivity contribution < 1.29 is 4.74 Å². The molecule has 30 heavy (non-hydrogen) atoms. The number of aromatic amines is 1. The predicted molar refractivity (Wildman–Crippen MR) is 116 cm³/mol. The fraction of sp³-hybridized carbons (Fsp3) is 0.429. The Morgan fingerprint density at radius 2 is 1.97 bits per heavy atom. The molecule has 9 nitrogen and oxygen atoms in total. The molecule has 1 saturated heterocycles. The quantitative estimate of drug-likeness (QED) is 0.467. The maximum absolute atomic E-state index is 5.70. The number of nitrogen functional groups attached to an aromatic ring is 1. The number of nitrogens with one attached hydrogen (secondary N) is 2. The first-order valence-corrected chi connectivity index (χ1v) is 10.4. The lowest BCUT2D eigenvalue weighted by molar-refractivity contribution is -0.164. The summed E-state index contributed by atoms with van der Waals surface area (Å²) in [7, 11) is 1.80. The van der Waals surface area contributed by atoms with E-state index in [1.165, 1.54) is 38.5 Å². The van der Waals surface area contributed by atoms with Crippen molar-refractivity contribution in [3.05, 3.63) is 30.7 Å². The number of aromatic nitrogens is 6. The zero-order chi connectivity index (χ0) is 20.6. The summed E-state index contributed by atoms with van der Waals surface area (Å²) in [6, 6.07) is 3.75. The third kappa shape index (κ3) is 3.35. The lowest BCUT2D eigenvalue weighted by Crippen LogP contribution is -2.44. The van der Waals surface area contributed by atoms with Crippen LogP contribution < -0.4 is 11.1 Å². The van der Waals surface area contributed by atoms with Crippen molar-refractivity contribution in [2.45, 2.75) is 44.1 Å². The summed E-state index contributed by atoms with van der Waals surface area (Å²) in [6.45, 7) is 1.03. The predicted octanol–water partition coefficient (Wildman–Crippen LogP) is 3.40. The van der Waals surface area contributed by atoms with E-state index < -0.39 is 0 Å². The average Bonchev–Trinajstić information content (AvgIpc) is 3.39. The zero-order valence-electron chi connectivity index (χ0n) is 17.1. The molecule has 2 aliphatic rings.